The highest BCUT2D eigenvalue weighted by Crippen LogP contribution is 1.76. The summed E-state index contributed by atoms with van der Waals surface area (Å²) < 4.78 is 4.26. The molecule has 0 aromatic rings. The summed E-state index contributed by atoms with van der Waals surface area (Å²) in [6, 6.07) is 0. The number of ether oxygens (including phenoxy) is 1. The van der Waals surface area contributed by atoms with Crippen LogP contribution in [0.3, 0.4) is 0 Å². The molecule has 0 aliphatic heterocycles. The molecule has 0 aliphatic rings. The van der Waals surface area contributed by atoms with Crippen LogP contribution in [0.2, 0.25) is 0 Å². The molecule has 0 saturated carbocycles. The first-order chi connectivity index (χ1) is 4.81. The molecule has 0 aromatic carbocycles. The number of aliphatic hydroxyl groups is 1. The molecule has 0 heterocycles. The minimum atomic E-state index is -0.578. The lowest BCUT2D eigenvalue weighted by molar-refractivity contribution is -0.131. The average Bonchev–Trinajstić information content (AvgIpc) is 1.98. The third-order valence-electron chi connectivity index (χ3n) is 0.627. The largest absolute Gasteiger partial charge is 0.395 e. The molecule has 3 nitrogen and oxygen atoms in total. The van der Waals surface area contributed by atoms with Crippen LogP contribution in [0.5, 0.6) is 0 Å². The molecule has 0 bridgehead atoms. The smallest absolute Gasteiger partial charge is 0.344 e. The van der Waals surface area contributed by atoms with Crippen molar-refractivity contribution in [2.45, 2.75) is 6.42 Å². The Morgan fingerprint density at radius 1 is 1.80 bits per heavy atom. The standard InChI is InChI=1S/C7H8O3/c1-2-7(9)10-6-4-3-5-8/h2,8H,1,3,5H2. The van der Waals surface area contributed by atoms with Gasteiger partial charge in [-0.15, -0.1) is 0 Å². The summed E-state index contributed by atoms with van der Waals surface area (Å²) in [6.45, 7) is 3.14. The van der Waals surface area contributed by atoms with Crippen molar-refractivity contribution in [3.8, 4) is 12.0 Å². The predicted molar refractivity (Wildman–Crippen MR) is 35.8 cm³/mol. The molecule has 0 atom stereocenters. The lowest BCUT2D eigenvalue weighted by Gasteiger charge is -1.83. The molecular formula is C7H8O3. The van der Waals surface area contributed by atoms with Gasteiger partial charge in [0.2, 0.25) is 0 Å². The molecule has 0 saturated heterocycles. The molecule has 1 N–H and O–H groups in total. The van der Waals surface area contributed by atoms with Crippen LogP contribution in [0, 0.1) is 12.0 Å². The van der Waals surface area contributed by atoms with E-state index in [4.69, 9.17) is 5.11 Å². The second-order valence-corrected chi connectivity index (χ2v) is 1.38. The van der Waals surface area contributed by atoms with E-state index < -0.39 is 5.97 Å². The van der Waals surface area contributed by atoms with Gasteiger partial charge in [-0.2, -0.15) is 0 Å². The minimum absolute atomic E-state index is 0.0291. The summed E-state index contributed by atoms with van der Waals surface area (Å²) in [5.41, 5.74) is 0. The van der Waals surface area contributed by atoms with E-state index >= 15 is 0 Å². The van der Waals surface area contributed by atoms with Crippen molar-refractivity contribution in [3.63, 3.8) is 0 Å². The Kier molecular flexibility index (Phi) is 5.12. The van der Waals surface area contributed by atoms with Gasteiger partial charge < -0.3 is 9.84 Å². The second-order valence-electron chi connectivity index (χ2n) is 1.38. The maximum atomic E-state index is 10.3. The lowest BCUT2D eigenvalue weighted by Crippen LogP contribution is -1.92. The Balaban J connectivity index is 3.45. The van der Waals surface area contributed by atoms with E-state index in [1.54, 1.807) is 0 Å². The minimum Gasteiger partial charge on any atom is -0.395 e. The van der Waals surface area contributed by atoms with E-state index in [0.29, 0.717) is 6.42 Å². The zero-order valence-corrected chi connectivity index (χ0v) is 5.46. The van der Waals surface area contributed by atoms with Crippen molar-refractivity contribution in [2.24, 2.45) is 0 Å². The Morgan fingerprint density at radius 3 is 3.00 bits per heavy atom. The third kappa shape index (κ3) is 4.88. The van der Waals surface area contributed by atoms with Gasteiger partial charge in [-0.1, -0.05) is 12.5 Å². The average molecular weight is 140 g/mol. The van der Waals surface area contributed by atoms with E-state index in [2.05, 4.69) is 23.3 Å². The van der Waals surface area contributed by atoms with Gasteiger partial charge in [0.05, 0.1) is 6.61 Å². The summed E-state index contributed by atoms with van der Waals surface area (Å²) in [6.07, 6.45) is 3.44. The van der Waals surface area contributed by atoms with E-state index in [0.717, 1.165) is 6.08 Å². The lowest BCUT2D eigenvalue weighted by atomic mass is 10.5. The molecular weight excluding hydrogens is 132 g/mol. The van der Waals surface area contributed by atoms with Crippen LogP contribution in [-0.4, -0.2) is 17.7 Å². The number of carbonyl (C=O) groups is 1. The van der Waals surface area contributed by atoms with Gasteiger partial charge in [0.25, 0.3) is 0 Å². The predicted octanol–water partition coefficient (Wildman–Crippen LogP) is 0.0589. The van der Waals surface area contributed by atoms with Crippen molar-refractivity contribution in [1.82, 2.24) is 0 Å². The third-order valence-corrected chi connectivity index (χ3v) is 0.627. The van der Waals surface area contributed by atoms with E-state index in [9.17, 15) is 4.79 Å². The normalized spacial score (nSPS) is 7.30. The van der Waals surface area contributed by atoms with Gasteiger partial charge in [0.15, 0.2) is 0 Å². The SMILES string of the molecule is C=CC(=O)OC#CCCO. The van der Waals surface area contributed by atoms with Crippen LogP contribution in [-0.2, 0) is 9.53 Å². The molecule has 0 aromatic heterocycles. The summed E-state index contributed by atoms with van der Waals surface area (Å²) in [5, 5.41) is 8.23. The van der Waals surface area contributed by atoms with Crippen LogP contribution in [0.4, 0.5) is 0 Å². The van der Waals surface area contributed by atoms with E-state index in [-0.39, 0.29) is 6.61 Å². The molecule has 0 rings (SSSR count). The van der Waals surface area contributed by atoms with Crippen LogP contribution in [0.25, 0.3) is 0 Å². The number of hydrogen-bond donors (Lipinski definition) is 1. The van der Waals surface area contributed by atoms with Gasteiger partial charge in [-0.25, -0.2) is 4.79 Å². The van der Waals surface area contributed by atoms with Crippen molar-refractivity contribution < 1.29 is 14.6 Å². The highest BCUT2D eigenvalue weighted by Gasteiger charge is 1.87. The topological polar surface area (TPSA) is 46.5 Å². The molecule has 3 heteroatoms. The highest BCUT2D eigenvalue weighted by molar-refractivity contribution is 5.82. The Morgan fingerprint density at radius 2 is 2.50 bits per heavy atom. The highest BCUT2D eigenvalue weighted by atomic mass is 16.5. The first-order valence-corrected chi connectivity index (χ1v) is 2.73. The Hall–Kier alpha value is -1.27. The van der Waals surface area contributed by atoms with E-state index in [1.165, 1.54) is 0 Å². The van der Waals surface area contributed by atoms with Gasteiger partial charge >= 0.3 is 5.97 Å². The summed E-state index contributed by atoms with van der Waals surface area (Å²) >= 11 is 0. The fraction of sp³-hybridized carbons (Fsp3) is 0.286. The van der Waals surface area contributed by atoms with Crippen molar-refractivity contribution in [1.29, 1.82) is 0 Å². The first-order valence-electron chi connectivity index (χ1n) is 2.73. The molecule has 54 valence electrons. The second kappa shape index (κ2) is 5.86. The first kappa shape index (κ1) is 8.73. The van der Waals surface area contributed by atoms with Crippen LogP contribution in [0.1, 0.15) is 6.42 Å². The number of esters is 1. The van der Waals surface area contributed by atoms with Gasteiger partial charge in [0.1, 0.15) is 6.11 Å². The van der Waals surface area contributed by atoms with Crippen molar-refractivity contribution in [2.75, 3.05) is 6.61 Å². The van der Waals surface area contributed by atoms with E-state index in [1.807, 2.05) is 0 Å². The fourth-order valence-corrected chi connectivity index (χ4v) is 0.235. The van der Waals surface area contributed by atoms with Gasteiger partial charge in [-0.05, 0) is 0 Å². The molecule has 0 spiro atoms. The summed E-state index contributed by atoms with van der Waals surface area (Å²) in [7, 11) is 0. The number of hydrogen-bond acceptors (Lipinski definition) is 3. The van der Waals surface area contributed by atoms with Gasteiger partial charge in [0, 0.05) is 12.5 Å². The maximum Gasteiger partial charge on any atom is 0.344 e. The molecule has 0 fully saturated rings. The molecule has 0 amide bonds. The van der Waals surface area contributed by atoms with Crippen molar-refractivity contribution >= 4 is 5.97 Å². The fourth-order valence-electron chi connectivity index (χ4n) is 0.235. The molecule has 10 heavy (non-hydrogen) atoms. The summed E-state index contributed by atoms with van der Waals surface area (Å²) in [4.78, 5) is 10.3. The Labute approximate surface area is 59.3 Å². The van der Waals surface area contributed by atoms with Gasteiger partial charge in [-0.3, -0.25) is 0 Å². The van der Waals surface area contributed by atoms with Crippen LogP contribution >= 0.6 is 0 Å². The monoisotopic (exact) mass is 140 g/mol. The molecule has 0 radical (unpaired) electrons. The quantitative estimate of drug-likeness (QED) is 0.335. The number of carbonyl (C=O) groups excluding carboxylic acids is 1. The Bertz CT molecular complexity index is 173. The number of rotatable bonds is 2. The van der Waals surface area contributed by atoms with Crippen molar-refractivity contribution in [3.05, 3.63) is 12.7 Å². The van der Waals surface area contributed by atoms with Crippen LogP contribution < -0.4 is 0 Å². The van der Waals surface area contributed by atoms with Crippen LogP contribution in [0.15, 0.2) is 12.7 Å². The zero-order valence-electron chi connectivity index (χ0n) is 5.46. The molecule has 0 aliphatic carbocycles. The maximum absolute atomic E-state index is 10.3. The summed E-state index contributed by atoms with van der Waals surface area (Å²) in [5.74, 6) is 1.83. The number of aliphatic hydroxyl groups excluding tert-OH is 1. The molecule has 0 unspecified atom stereocenters. The zero-order chi connectivity index (χ0) is 7.82.